The summed E-state index contributed by atoms with van der Waals surface area (Å²) in [5.41, 5.74) is 8.53. The summed E-state index contributed by atoms with van der Waals surface area (Å²) >= 11 is 0. The normalized spacial score (nSPS) is 16.2. The molecule has 108 valence electrons. The second-order valence-corrected chi connectivity index (χ2v) is 7.60. The van der Waals surface area contributed by atoms with Gasteiger partial charge >= 0.3 is 0 Å². The zero-order valence-electron chi connectivity index (χ0n) is 13.2. The third-order valence-electron chi connectivity index (χ3n) is 3.75. The monoisotopic (exact) mass is 263 g/mol. The van der Waals surface area contributed by atoms with Crippen LogP contribution in [0.15, 0.2) is 24.3 Å². The van der Waals surface area contributed by atoms with Gasteiger partial charge in [-0.05, 0) is 28.4 Å². The first-order valence-electron chi connectivity index (χ1n) is 7.06. The minimum atomic E-state index is -0.483. The lowest BCUT2D eigenvalue weighted by atomic mass is 9.82. The largest absolute Gasteiger partial charge is 0.388 e. The molecule has 19 heavy (non-hydrogen) atoms. The fourth-order valence-corrected chi connectivity index (χ4v) is 1.94. The molecule has 0 saturated carbocycles. The molecule has 0 aliphatic carbocycles. The number of hydrogen-bond acceptors (Lipinski definition) is 2. The van der Waals surface area contributed by atoms with E-state index in [0.29, 0.717) is 6.42 Å². The minimum absolute atomic E-state index is 0.00945. The molecule has 0 amide bonds. The summed E-state index contributed by atoms with van der Waals surface area (Å²) in [5.74, 6) is 0. The number of hydrogen-bond donors (Lipinski definition) is 2. The Morgan fingerprint density at radius 1 is 1.00 bits per heavy atom. The maximum Gasteiger partial charge on any atom is 0.0805 e. The van der Waals surface area contributed by atoms with Crippen LogP contribution in [-0.2, 0) is 5.41 Å². The molecule has 2 nitrogen and oxygen atoms in total. The molecular formula is C17H29NO. The van der Waals surface area contributed by atoms with Crippen molar-refractivity contribution in [3.63, 3.8) is 0 Å². The van der Waals surface area contributed by atoms with Crippen molar-refractivity contribution in [3.05, 3.63) is 35.4 Å². The molecule has 0 fully saturated rings. The van der Waals surface area contributed by atoms with Gasteiger partial charge in [-0.15, -0.1) is 0 Å². The SMILES string of the molecule is CC(C)(C)c1ccc([C@H](O)C[C@@H](N)C(C)(C)C)cc1. The zero-order valence-corrected chi connectivity index (χ0v) is 13.2. The maximum absolute atomic E-state index is 10.3. The summed E-state index contributed by atoms with van der Waals surface area (Å²) in [6, 6.07) is 8.22. The topological polar surface area (TPSA) is 46.2 Å². The van der Waals surface area contributed by atoms with Gasteiger partial charge in [0.25, 0.3) is 0 Å². The average Bonchev–Trinajstić information content (AvgIpc) is 2.26. The van der Waals surface area contributed by atoms with Crippen molar-refractivity contribution in [1.29, 1.82) is 0 Å². The van der Waals surface area contributed by atoms with Gasteiger partial charge in [0.05, 0.1) is 6.10 Å². The van der Waals surface area contributed by atoms with E-state index < -0.39 is 6.10 Å². The summed E-state index contributed by atoms with van der Waals surface area (Å²) < 4.78 is 0. The van der Waals surface area contributed by atoms with Crippen molar-refractivity contribution in [2.45, 2.75) is 65.5 Å². The molecule has 0 saturated heterocycles. The van der Waals surface area contributed by atoms with Gasteiger partial charge in [-0.3, -0.25) is 0 Å². The fraction of sp³-hybridized carbons (Fsp3) is 0.647. The highest BCUT2D eigenvalue weighted by Gasteiger charge is 2.24. The molecule has 0 aromatic heterocycles. The molecular weight excluding hydrogens is 234 g/mol. The van der Waals surface area contributed by atoms with Crippen LogP contribution in [0.25, 0.3) is 0 Å². The van der Waals surface area contributed by atoms with Crippen LogP contribution in [-0.4, -0.2) is 11.1 Å². The van der Waals surface area contributed by atoms with E-state index in [0.717, 1.165) is 5.56 Å². The lowest BCUT2D eigenvalue weighted by molar-refractivity contribution is 0.133. The minimum Gasteiger partial charge on any atom is -0.388 e. The Bertz CT molecular complexity index is 395. The van der Waals surface area contributed by atoms with Crippen LogP contribution in [0.4, 0.5) is 0 Å². The fourth-order valence-electron chi connectivity index (χ4n) is 1.94. The van der Waals surface area contributed by atoms with Crippen LogP contribution >= 0.6 is 0 Å². The molecule has 0 heterocycles. The Kier molecular flexibility index (Phi) is 4.81. The van der Waals surface area contributed by atoms with E-state index in [9.17, 15) is 5.11 Å². The second-order valence-electron chi connectivity index (χ2n) is 7.60. The second kappa shape index (κ2) is 5.64. The van der Waals surface area contributed by atoms with Crippen LogP contribution in [0.1, 0.15) is 65.2 Å². The van der Waals surface area contributed by atoms with Crippen LogP contribution in [0.2, 0.25) is 0 Å². The Morgan fingerprint density at radius 2 is 1.47 bits per heavy atom. The molecule has 0 aliphatic heterocycles. The van der Waals surface area contributed by atoms with E-state index in [-0.39, 0.29) is 16.9 Å². The predicted octanol–water partition coefficient (Wildman–Crippen LogP) is 3.78. The van der Waals surface area contributed by atoms with Crippen LogP contribution < -0.4 is 5.73 Å². The summed E-state index contributed by atoms with van der Waals surface area (Å²) in [6.07, 6.45) is 0.112. The van der Waals surface area contributed by atoms with E-state index >= 15 is 0 Å². The zero-order chi connectivity index (χ0) is 14.8. The summed E-state index contributed by atoms with van der Waals surface area (Å²) in [6.45, 7) is 12.9. The highest BCUT2D eigenvalue weighted by atomic mass is 16.3. The highest BCUT2D eigenvalue weighted by molar-refractivity contribution is 5.28. The molecule has 0 unspecified atom stereocenters. The lowest BCUT2D eigenvalue weighted by Crippen LogP contribution is -2.36. The highest BCUT2D eigenvalue weighted by Crippen LogP contribution is 2.28. The first-order valence-corrected chi connectivity index (χ1v) is 7.06. The van der Waals surface area contributed by atoms with Gasteiger partial charge in [-0.25, -0.2) is 0 Å². The smallest absolute Gasteiger partial charge is 0.0805 e. The van der Waals surface area contributed by atoms with Crippen LogP contribution in [0.5, 0.6) is 0 Å². The molecule has 1 aromatic carbocycles. The van der Waals surface area contributed by atoms with Gasteiger partial charge in [0.1, 0.15) is 0 Å². The van der Waals surface area contributed by atoms with Gasteiger partial charge in [-0.2, -0.15) is 0 Å². The molecule has 0 aliphatic rings. The van der Waals surface area contributed by atoms with E-state index in [4.69, 9.17) is 5.73 Å². The summed E-state index contributed by atoms with van der Waals surface area (Å²) in [5, 5.41) is 10.3. The molecule has 1 rings (SSSR count). The number of nitrogens with two attached hydrogens (primary N) is 1. The van der Waals surface area contributed by atoms with E-state index in [2.05, 4.69) is 53.7 Å². The molecule has 0 radical (unpaired) electrons. The summed E-state index contributed by atoms with van der Waals surface area (Å²) in [7, 11) is 0. The molecule has 3 N–H and O–H groups in total. The van der Waals surface area contributed by atoms with Crippen LogP contribution in [0.3, 0.4) is 0 Å². The van der Waals surface area contributed by atoms with Gasteiger partial charge in [-0.1, -0.05) is 65.8 Å². The van der Waals surface area contributed by atoms with Crippen molar-refractivity contribution in [2.24, 2.45) is 11.1 Å². The first-order chi connectivity index (χ1) is 8.51. The van der Waals surface area contributed by atoms with Crippen molar-refractivity contribution in [2.75, 3.05) is 0 Å². The third kappa shape index (κ3) is 4.63. The number of aliphatic hydroxyl groups is 1. The quantitative estimate of drug-likeness (QED) is 0.871. The van der Waals surface area contributed by atoms with E-state index in [1.54, 1.807) is 0 Å². The van der Waals surface area contributed by atoms with Gasteiger partial charge < -0.3 is 10.8 Å². The lowest BCUT2D eigenvalue weighted by Gasteiger charge is -2.29. The number of rotatable bonds is 3. The molecule has 0 bridgehead atoms. The Labute approximate surface area is 118 Å². The summed E-state index contributed by atoms with van der Waals surface area (Å²) in [4.78, 5) is 0. The van der Waals surface area contributed by atoms with Crippen molar-refractivity contribution >= 4 is 0 Å². The number of benzene rings is 1. The van der Waals surface area contributed by atoms with Crippen molar-refractivity contribution in [1.82, 2.24) is 0 Å². The van der Waals surface area contributed by atoms with E-state index in [1.165, 1.54) is 5.56 Å². The predicted molar refractivity (Wildman–Crippen MR) is 82.1 cm³/mol. The molecule has 0 spiro atoms. The number of aliphatic hydroxyl groups excluding tert-OH is 1. The van der Waals surface area contributed by atoms with Crippen LogP contribution in [0, 0.1) is 5.41 Å². The average molecular weight is 263 g/mol. The van der Waals surface area contributed by atoms with Gasteiger partial charge in [0.2, 0.25) is 0 Å². The Morgan fingerprint density at radius 3 is 1.84 bits per heavy atom. The van der Waals surface area contributed by atoms with Crippen molar-refractivity contribution < 1.29 is 5.11 Å². The van der Waals surface area contributed by atoms with Gasteiger partial charge in [0.15, 0.2) is 0 Å². The first kappa shape index (κ1) is 16.2. The standard InChI is InChI=1S/C17H29NO/c1-16(2,3)13-9-7-12(8-10-13)14(19)11-15(18)17(4,5)6/h7-10,14-15,19H,11,18H2,1-6H3/t14-,15-/m1/s1. The van der Waals surface area contributed by atoms with Crippen molar-refractivity contribution in [3.8, 4) is 0 Å². The van der Waals surface area contributed by atoms with Gasteiger partial charge in [0, 0.05) is 6.04 Å². The third-order valence-corrected chi connectivity index (χ3v) is 3.75. The molecule has 2 heteroatoms. The van der Waals surface area contributed by atoms with E-state index in [1.807, 2.05) is 12.1 Å². The Balaban J connectivity index is 2.76. The Hall–Kier alpha value is -0.860. The maximum atomic E-state index is 10.3. The molecule has 2 atom stereocenters. The molecule has 1 aromatic rings.